The molecule has 338 valence electrons. The van der Waals surface area contributed by atoms with Crippen LogP contribution in [0.2, 0.25) is 0 Å². The summed E-state index contributed by atoms with van der Waals surface area (Å²) in [5, 5.41) is 23.2. The maximum absolute atomic E-state index is 12.4. The molecule has 6 nitrogen and oxygen atoms in total. The van der Waals surface area contributed by atoms with Gasteiger partial charge in [-0.05, 0) is 51.4 Å². The van der Waals surface area contributed by atoms with Gasteiger partial charge in [-0.15, -0.1) is 0 Å². The minimum atomic E-state index is -0.684. The summed E-state index contributed by atoms with van der Waals surface area (Å²) in [5.74, 6) is -0.102. The third-order valence-corrected chi connectivity index (χ3v) is 11.8. The lowest BCUT2D eigenvalue weighted by Crippen LogP contribution is -2.45. The molecule has 0 saturated heterocycles. The van der Waals surface area contributed by atoms with Crippen LogP contribution in [0.1, 0.15) is 277 Å². The molecule has 2 unspecified atom stereocenters. The van der Waals surface area contributed by atoms with Gasteiger partial charge in [0.15, 0.2) is 0 Å². The minimum absolute atomic E-state index is 0.0328. The van der Waals surface area contributed by atoms with Gasteiger partial charge in [0, 0.05) is 12.8 Å². The highest BCUT2D eigenvalue weighted by atomic mass is 16.5. The van der Waals surface area contributed by atoms with E-state index in [4.69, 9.17) is 4.74 Å². The highest BCUT2D eigenvalue weighted by molar-refractivity contribution is 5.76. The summed E-state index contributed by atoms with van der Waals surface area (Å²) in [5.41, 5.74) is 0. The van der Waals surface area contributed by atoms with E-state index in [9.17, 15) is 19.8 Å². The first-order valence-corrected chi connectivity index (χ1v) is 25.4. The molecule has 57 heavy (non-hydrogen) atoms. The highest BCUT2D eigenvalue weighted by Crippen LogP contribution is 2.16. The maximum Gasteiger partial charge on any atom is 0.305 e. The molecular formula is C51H99NO5. The Kier molecular flexibility index (Phi) is 46.1. The first-order valence-electron chi connectivity index (χ1n) is 25.4. The molecule has 2 atom stereocenters. The van der Waals surface area contributed by atoms with E-state index in [-0.39, 0.29) is 18.5 Å². The molecule has 0 aromatic carbocycles. The molecule has 1 amide bonds. The van der Waals surface area contributed by atoms with Crippen molar-refractivity contribution in [3.05, 3.63) is 12.2 Å². The van der Waals surface area contributed by atoms with E-state index in [2.05, 4.69) is 31.3 Å². The molecule has 0 radical (unpaired) electrons. The number of carbonyl (C=O) groups is 2. The monoisotopic (exact) mass is 806 g/mol. The Hall–Kier alpha value is -1.40. The van der Waals surface area contributed by atoms with E-state index in [1.54, 1.807) is 0 Å². The minimum Gasteiger partial charge on any atom is -0.466 e. The van der Waals surface area contributed by atoms with Crippen molar-refractivity contribution >= 4 is 11.9 Å². The van der Waals surface area contributed by atoms with Gasteiger partial charge < -0.3 is 20.3 Å². The van der Waals surface area contributed by atoms with Crippen molar-refractivity contribution < 1.29 is 24.5 Å². The Balaban J connectivity index is 3.50. The van der Waals surface area contributed by atoms with Crippen LogP contribution < -0.4 is 5.32 Å². The first-order chi connectivity index (χ1) is 28.0. The molecule has 0 aliphatic heterocycles. The van der Waals surface area contributed by atoms with Crippen molar-refractivity contribution in [1.29, 1.82) is 0 Å². The number of unbranched alkanes of at least 4 members (excludes halogenated alkanes) is 34. The van der Waals surface area contributed by atoms with Crippen molar-refractivity contribution in [2.24, 2.45) is 0 Å². The highest BCUT2D eigenvalue weighted by Gasteiger charge is 2.20. The number of hydrogen-bond donors (Lipinski definition) is 3. The lowest BCUT2D eigenvalue weighted by molar-refractivity contribution is -0.143. The van der Waals surface area contributed by atoms with Gasteiger partial charge in [-0.1, -0.05) is 225 Å². The Morgan fingerprint density at radius 3 is 1.25 bits per heavy atom. The molecule has 0 heterocycles. The average Bonchev–Trinajstić information content (AvgIpc) is 3.21. The van der Waals surface area contributed by atoms with E-state index >= 15 is 0 Å². The van der Waals surface area contributed by atoms with Crippen LogP contribution in [-0.2, 0) is 14.3 Å². The predicted molar refractivity (Wildman–Crippen MR) is 246 cm³/mol. The number of esters is 1. The number of nitrogens with one attached hydrogen (secondary N) is 1. The topological polar surface area (TPSA) is 95.9 Å². The molecule has 6 heteroatoms. The normalized spacial score (nSPS) is 12.7. The fourth-order valence-electron chi connectivity index (χ4n) is 7.87. The Morgan fingerprint density at radius 1 is 0.474 bits per heavy atom. The smallest absolute Gasteiger partial charge is 0.305 e. The van der Waals surface area contributed by atoms with Crippen molar-refractivity contribution in [1.82, 2.24) is 5.32 Å². The summed E-state index contributed by atoms with van der Waals surface area (Å²) in [6, 6.07) is -0.565. The maximum atomic E-state index is 12.4. The molecule has 0 saturated carbocycles. The second-order valence-electron chi connectivity index (χ2n) is 17.5. The number of hydrogen-bond acceptors (Lipinski definition) is 5. The van der Waals surface area contributed by atoms with Gasteiger partial charge in [-0.25, -0.2) is 0 Å². The molecule has 0 spiro atoms. The fraction of sp³-hybridized carbons (Fsp3) is 0.922. The predicted octanol–water partition coefficient (Wildman–Crippen LogP) is 15.0. The number of rotatable bonds is 47. The van der Waals surface area contributed by atoms with Crippen LogP contribution in [0.4, 0.5) is 0 Å². The molecule has 0 bridgehead atoms. The third kappa shape index (κ3) is 44.0. The molecule has 0 aliphatic rings. The third-order valence-electron chi connectivity index (χ3n) is 11.8. The van der Waals surface area contributed by atoms with Crippen LogP contribution in [0.25, 0.3) is 0 Å². The van der Waals surface area contributed by atoms with E-state index in [1.165, 1.54) is 167 Å². The van der Waals surface area contributed by atoms with Crippen LogP contribution in [0, 0.1) is 0 Å². The quantitative estimate of drug-likeness (QED) is 0.0323. The summed E-state index contributed by atoms with van der Waals surface area (Å²) >= 11 is 0. The van der Waals surface area contributed by atoms with Crippen molar-refractivity contribution in [2.45, 2.75) is 289 Å². The molecule has 3 N–H and O–H groups in total. The van der Waals surface area contributed by atoms with Crippen LogP contribution >= 0.6 is 0 Å². The number of ether oxygens (including phenoxy) is 1. The lowest BCUT2D eigenvalue weighted by Gasteiger charge is -2.22. The lowest BCUT2D eigenvalue weighted by atomic mass is 10.0. The van der Waals surface area contributed by atoms with Gasteiger partial charge in [0.25, 0.3) is 0 Å². The van der Waals surface area contributed by atoms with Crippen LogP contribution in [-0.4, -0.2) is 47.4 Å². The zero-order valence-corrected chi connectivity index (χ0v) is 38.3. The summed E-state index contributed by atoms with van der Waals surface area (Å²) in [7, 11) is 0. The number of amides is 1. The van der Waals surface area contributed by atoms with E-state index in [1.807, 2.05) is 0 Å². The molecule has 0 aliphatic carbocycles. The second kappa shape index (κ2) is 47.3. The van der Waals surface area contributed by atoms with Gasteiger partial charge in [0.2, 0.25) is 5.91 Å². The average molecular weight is 806 g/mol. The van der Waals surface area contributed by atoms with Crippen LogP contribution in [0.5, 0.6) is 0 Å². The SMILES string of the molecule is CCCCCCCCCCCCCCCCCCC(=O)OCCCC/C=C\CCCCCCC(=O)NC(CO)C(O)CCCCCCCCCCCCCCCC. The zero-order chi connectivity index (χ0) is 41.5. The van der Waals surface area contributed by atoms with Gasteiger partial charge in [-0.2, -0.15) is 0 Å². The van der Waals surface area contributed by atoms with Crippen LogP contribution in [0.3, 0.4) is 0 Å². The van der Waals surface area contributed by atoms with Gasteiger partial charge >= 0.3 is 5.97 Å². The van der Waals surface area contributed by atoms with Crippen LogP contribution in [0.15, 0.2) is 12.2 Å². The number of allylic oxidation sites excluding steroid dienone is 2. The number of aliphatic hydroxyl groups excluding tert-OH is 2. The molecule has 0 aromatic rings. The second-order valence-corrected chi connectivity index (χ2v) is 17.5. The van der Waals surface area contributed by atoms with E-state index < -0.39 is 12.1 Å². The fourth-order valence-corrected chi connectivity index (χ4v) is 7.87. The Labute approximate surface area is 355 Å². The summed E-state index contributed by atoms with van der Waals surface area (Å²) < 4.78 is 5.44. The number of carbonyl (C=O) groups excluding carboxylic acids is 2. The Bertz CT molecular complexity index is 847. The molecule has 0 fully saturated rings. The van der Waals surface area contributed by atoms with Gasteiger partial charge in [-0.3, -0.25) is 9.59 Å². The Morgan fingerprint density at radius 2 is 0.825 bits per heavy atom. The van der Waals surface area contributed by atoms with Crippen molar-refractivity contribution in [3.8, 4) is 0 Å². The molecule has 0 rings (SSSR count). The van der Waals surface area contributed by atoms with Crippen molar-refractivity contribution in [3.63, 3.8) is 0 Å². The van der Waals surface area contributed by atoms with Crippen molar-refractivity contribution in [2.75, 3.05) is 13.2 Å². The zero-order valence-electron chi connectivity index (χ0n) is 38.3. The first kappa shape index (κ1) is 55.6. The number of aliphatic hydroxyl groups is 2. The standard InChI is InChI=1S/C51H99NO5/c1-3-5-7-9-11-13-15-17-19-20-22-24-29-33-37-41-45-51(56)57-46-42-38-34-30-26-25-28-32-36-40-44-50(55)52-48(47-53)49(54)43-39-35-31-27-23-21-18-16-14-12-10-8-6-4-2/h26,30,48-49,53-54H,3-25,27-29,31-47H2,1-2H3,(H,52,55)/b30-26-. The van der Waals surface area contributed by atoms with E-state index in [0.29, 0.717) is 25.9 Å². The summed E-state index contributed by atoms with van der Waals surface area (Å²) in [6.07, 6.45) is 53.2. The van der Waals surface area contributed by atoms with Gasteiger partial charge in [0.05, 0.1) is 25.4 Å². The van der Waals surface area contributed by atoms with E-state index in [0.717, 1.165) is 77.0 Å². The largest absolute Gasteiger partial charge is 0.466 e. The molecule has 0 aromatic heterocycles. The summed E-state index contributed by atoms with van der Waals surface area (Å²) in [6.45, 7) is 4.87. The molecular weight excluding hydrogens is 707 g/mol. The van der Waals surface area contributed by atoms with Gasteiger partial charge in [0.1, 0.15) is 0 Å². The summed E-state index contributed by atoms with van der Waals surface area (Å²) in [4.78, 5) is 24.5.